The number of aromatic nitrogens is 1. The monoisotopic (exact) mass is 393 g/mol. The van der Waals surface area contributed by atoms with Crippen LogP contribution in [0.25, 0.3) is 0 Å². The molecule has 1 heterocycles. The van der Waals surface area contributed by atoms with Gasteiger partial charge in [-0.05, 0) is 36.4 Å². The van der Waals surface area contributed by atoms with E-state index in [1.807, 2.05) is 0 Å². The average molecular weight is 393 g/mol. The van der Waals surface area contributed by atoms with Crippen LogP contribution in [0.2, 0.25) is 0 Å². The van der Waals surface area contributed by atoms with Crippen molar-refractivity contribution in [1.82, 2.24) is 4.98 Å². The Labute approximate surface area is 167 Å². The zero-order valence-corrected chi connectivity index (χ0v) is 15.8. The van der Waals surface area contributed by atoms with Gasteiger partial charge in [0, 0.05) is 17.7 Å². The predicted molar refractivity (Wildman–Crippen MR) is 107 cm³/mol. The topological polar surface area (TPSA) is 113 Å². The first-order valence-electron chi connectivity index (χ1n) is 8.57. The molecular formula is C21H19N3O5. The summed E-state index contributed by atoms with van der Waals surface area (Å²) in [4.78, 5) is 27.9. The second-order valence-electron chi connectivity index (χ2n) is 5.90. The highest BCUT2D eigenvalue weighted by atomic mass is 16.5. The predicted octanol–water partition coefficient (Wildman–Crippen LogP) is 3.24. The molecule has 2 aromatic carbocycles. The van der Waals surface area contributed by atoms with Crippen LogP contribution in [-0.4, -0.2) is 31.0 Å². The number of hydrogen-bond donors (Lipinski definition) is 2. The van der Waals surface area contributed by atoms with Gasteiger partial charge >= 0.3 is 0 Å². The van der Waals surface area contributed by atoms with E-state index in [0.717, 1.165) is 0 Å². The van der Waals surface area contributed by atoms with Gasteiger partial charge in [0.15, 0.2) is 0 Å². The molecule has 0 unspecified atom stereocenters. The number of methoxy groups -OCH3 is 2. The van der Waals surface area contributed by atoms with E-state index >= 15 is 0 Å². The molecule has 0 radical (unpaired) electrons. The van der Waals surface area contributed by atoms with Gasteiger partial charge in [0.2, 0.25) is 11.8 Å². The van der Waals surface area contributed by atoms with E-state index in [4.69, 9.17) is 19.9 Å². The highest BCUT2D eigenvalue weighted by Crippen LogP contribution is 2.26. The number of hydrogen-bond acceptors (Lipinski definition) is 6. The Balaban J connectivity index is 1.70. The summed E-state index contributed by atoms with van der Waals surface area (Å²) in [6, 6.07) is 14.6. The quantitative estimate of drug-likeness (QED) is 0.637. The van der Waals surface area contributed by atoms with Crippen molar-refractivity contribution in [1.29, 1.82) is 0 Å². The molecule has 3 N–H and O–H groups in total. The van der Waals surface area contributed by atoms with Gasteiger partial charge in [0.25, 0.3) is 5.91 Å². The molecule has 29 heavy (non-hydrogen) atoms. The molecule has 8 nitrogen and oxygen atoms in total. The molecule has 3 rings (SSSR count). The molecule has 0 spiro atoms. The van der Waals surface area contributed by atoms with Crippen LogP contribution in [0.4, 0.5) is 5.69 Å². The molecule has 148 valence electrons. The molecule has 0 fully saturated rings. The van der Waals surface area contributed by atoms with E-state index in [2.05, 4.69) is 10.3 Å². The number of nitrogens with one attached hydrogen (secondary N) is 1. The maximum atomic E-state index is 12.5. The molecule has 8 heteroatoms. The summed E-state index contributed by atoms with van der Waals surface area (Å²) in [5, 5.41) is 2.75. The first-order valence-corrected chi connectivity index (χ1v) is 8.57. The largest absolute Gasteiger partial charge is 0.497 e. The smallest absolute Gasteiger partial charge is 0.259 e. The molecule has 0 bridgehead atoms. The summed E-state index contributed by atoms with van der Waals surface area (Å²) in [5.74, 6) is 0.802. The third-order valence-electron chi connectivity index (χ3n) is 3.99. The Kier molecular flexibility index (Phi) is 5.94. The molecule has 1 aromatic heterocycles. The second-order valence-corrected chi connectivity index (χ2v) is 5.90. The van der Waals surface area contributed by atoms with Gasteiger partial charge in [-0.1, -0.05) is 6.07 Å². The lowest BCUT2D eigenvalue weighted by atomic mass is 10.1. The second kappa shape index (κ2) is 8.75. The van der Waals surface area contributed by atoms with Crippen LogP contribution in [0.1, 0.15) is 20.7 Å². The van der Waals surface area contributed by atoms with Crippen molar-refractivity contribution in [2.24, 2.45) is 5.73 Å². The van der Waals surface area contributed by atoms with Crippen LogP contribution in [0.5, 0.6) is 23.1 Å². The first-order chi connectivity index (χ1) is 14.0. The number of primary amides is 1. The van der Waals surface area contributed by atoms with Crippen LogP contribution in [0.15, 0.2) is 60.8 Å². The van der Waals surface area contributed by atoms with Gasteiger partial charge in [-0.2, -0.15) is 0 Å². The Morgan fingerprint density at radius 3 is 2.45 bits per heavy atom. The maximum Gasteiger partial charge on any atom is 0.259 e. The highest BCUT2D eigenvalue weighted by Gasteiger charge is 2.14. The minimum absolute atomic E-state index is 0.298. The van der Waals surface area contributed by atoms with Gasteiger partial charge in [0.1, 0.15) is 17.2 Å². The number of nitrogens with two attached hydrogens (primary N) is 1. The van der Waals surface area contributed by atoms with Crippen molar-refractivity contribution in [2.45, 2.75) is 0 Å². The Bertz CT molecular complexity index is 1030. The molecule has 0 saturated heterocycles. The lowest BCUT2D eigenvalue weighted by Crippen LogP contribution is -2.13. The van der Waals surface area contributed by atoms with E-state index in [9.17, 15) is 9.59 Å². The number of amides is 2. The third kappa shape index (κ3) is 4.81. The van der Waals surface area contributed by atoms with Crippen molar-refractivity contribution < 1.29 is 23.8 Å². The number of rotatable bonds is 7. The molecule has 0 aliphatic heterocycles. The van der Waals surface area contributed by atoms with Gasteiger partial charge < -0.3 is 25.3 Å². The zero-order valence-electron chi connectivity index (χ0n) is 15.8. The van der Waals surface area contributed by atoms with Gasteiger partial charge in [-0.15, -0.1) is 0 Å². The van der Waals surface area contributed by atoms with Crippen molar-refractivity contribution in [2.75, 3.05) is 19.5 Å². The summed E-state index contributed by atoms with van der Waals surface area (Å²) in [5.41, 5.74) is 6.43. The first kappa shape index (κ1) is 19.7. The molecule has 0 atom stereocenters. The number of nitrogens with zero attached hydrogens (tertiary/aromatic N) is 1. The number of carbonyl (C=O) groups is 2. The molecule has 0 aliphatic rings. The molecular weight excluding hydrogens is 374 g/mol. The van der Waals surface area contributed by atoms with E-state index < -0.39 is 5.91 Å². The van der Waals surface area contributed by atoms with Crippen LogP contribution in [0.3, 0.4) is 0 Å². The molecule has 2 amide bonds. The van der Waals surface area contributed by atoms with Crippen LogP contribution in [-0.2, 0) is 0 Å². The van der Waals surface area contributed by atoms with Crippen molar-refractivity contribution >= 4 is 17.5 Å². The third-order valence-corrected chi connectivity index (χ3v) is 3.99. The zero-order chi connectivity index (χ0) is 20.8. The summed E-state index contributed by atoms with van der Waals surface area (Å²) in [6.45, 7) is 0. The van der Waals surface area contributed by atoms with E-state index in [-0.39, 0.29) is 5.91 Å². The fraction of sp³-hybridized carbons (Fsp3) is 0.0952. The van der Waals surface area contributed by atoms with Gasteiger partial charge in [-0.25, -0.2) is 4.98 Å². The Morgan fingerprint density at radius 1 is 0.966 bits per heavy atom. The average Bonchev–Trinajstić information content (AvgIpc) is 2.74. The number of benzene rings is 2. The lowest BCUT2D eigenvalue weighted by Gasteiger charge is -2.11. The standard InChI is InChI=1S/C21H19N3O5/c1-27-15-7-8-17(18(11-15)28-2)21(26)24-14-6-9-19(23-12-14)29-16-5-3-4-13(10-16)20(22)25/h3-12H,1-2H3,(H2,22,25)(H,24,26). The summed E-state index contributed by atoms with van der Waals surface area (Å²) in [7, 11) is 3.01. The lowest BCUT2D eigenvalue weighted by molar-refractivity contribution is 0.0997. The number of ether oxygens (including phenoxy) is 3. The fourth-order valence-corrected chi connectivity index (χ4v) is 2.53. The summed E-state index contributed by atoms with van der Waals surface area (Å²) < 4.78 is 16.0. The van der Waals surface area contributed by atoms with Crippen molar-refractivity contribution in [3.8, 4) is 23.1 Å². The Hall–Kier alpha value is -4.07. The van der Waals surface area contributed by atoms with Crippen molar-refractivity contribution in [3.63, 3.8) is 0 Å². The highest BCUT2D eigenvalue weighted by molar-refractivity contribution is 6.06. The van der Waals surface area contributed by atoms with Crippen LogP contribution >= 0.6 is 0 Å². The van der Waals surface area contributed by atoms with Gasteiger partial charge in [-0.3, -0.25) is 9.59 Å². The number of carbonyl (C=O) groups excluding carboxylic acids is 2. The van der Waals surface area contributed by atoms with E-state index in [1.165, 1.54) is 26.5 Å². The minimum Gasteiger partial charge on any atom is -0.497 e. The van der Waals surface area contributed by atoms with E-state index in [1.54, 1.807) is 48.5 Å². The van der Waals surface area contributed by atoms with Crippen LogP contribution < -0.4 is 25.3 Å². The number of anilines is 1. The SMILES string of the molecule is COc1ccc(C(=O)Nc2ccc(Oc3cccc(C(N)=O)c3)nc2)c(OC)c1. The maximum absolute atomic E-state index is 12.5. The summed E-state index contributed by atoms with van der Waals surface area (Å²) in [6.07, 6.45) is 1.46. The van der Waals surface area contributed by atoms with Crippen molar-refractivity contribution in [3.05, 3.63) is 71.9 Å². The normalized spacial score (nSPS) is 10.1. The Morgan fingerprint density at radius 2 is 1.79 bits per heavy atom. The number of pyridine rings is 1. The minimum atomic E-state index is -0.546. The molecule has 0 aliphatic carbocycles. The fourth-order valence-electron chi connectivity index (χ4n) is 2.53. The summed E-state index contributed by atoms with van der Waals surface area (Å²) >= 11 is 0. The van der Waals surface area contributed by atoms with E-state index in [0.29, 0.717) is 39.9 Å². The van der Waals surface area contributed by atoms with Gasteiger partial charge in [0.05, 0.1) is 31.7 Å². The molecule has 0 saturated carbocycles. The molecule has 3 aromatic rings. The van der Waals surface area contributed by atoms with Crippen LogP contribution in [0, 0.1) is 0 Å².